The van der Waals surface area contributed by atoms with Crippen LogP contribution in [0.2, 0.25) is 18.1 Å². The first kappa shape index (κ1) is 24.2. The van der Waals surface area contributed by atoms with Gasteiger partial charge in [-0.3, -0.25) is 0 Å². The van der Waals surface area contributed by atoms with E-state index >= 15 is 0 Å². The average molecular weight is 425 g/mol. The van der Waals surface area contributed by atoms with Crippen molar-refractivity contribution in [3.8, 4) is 0 Å². The van der Waals surface area contributed by atoms with Crippen molar-refractivity contribution < 1.29 is 28.2 Å². The lowest BCUT2D eigenvalue weighted by Gasteiger charge is -2.40. The zero-order valence-corrected chi connectivity index (χ0v) is 19.9. The second-order valence-electron chi connectivity index (χ2n) is 9.45. The Morgan fingerprint density at radius 2 is 1.72 bits per heavy atom. The standard InChI is InChI=1S/C22H36O6Si/c1-21(2,3)29(7,8)28-17(14-23)19-20(27-22(4,5)26-19)18(25-15-24-6)16-12-10-9-11-13-16/h9-14,17-20H,15H2,1-8H3/t17-,18+,19+,20+/m0/s1. The van der Waals surface area contributed by atoms with Gasteiger partial charge in [0.15, 0.2) is 14.1 Å². The molecule has 1 saturated heterocycles. The highest BCUT2D eigenvalue weighted by molar-refractivity contribution is 6.74. The smallest absolute Gasteiger partial charge is 0.193 e. The second kappa shape index (κ2) is 9.37. The van der Waals surface area contributed by atoms with Gasteiger partial charge in [0, 0.05) is 7.11 Å². The third kappa shape index (κ3) is 5.96. The summed E-state index contributed by atoms with van der Waals surface area (Å²) in [5, 5.41) is -0.0376. The van der Waals surface area contributed by atoms with Crippen molar-refractivity contribution in [2.75, 3.05) is 13.9 Å². The molecule has 0 unspecified atom stereocenters. The van der Waals surface area contributed by atoms with Crippen LogP contribution >= 0.6 is 0 Å². The molecule has 1 aromatic rings. The van der Waals surface area contributed by atoms with Crippen molar-refractivity contribution in [3.05, 3.63) is 35.9 Å². The molecule has 0 radical (unpaired) electrons. The number of methoxy groups -OCH3 is 1. The van der Waals surface area contributed by atoms with Crippen molar-refractivity contribution >= 4 is 14.6 Å². The summed E-state index contributed by atoms with van der Waals surface area (Å²) in [5.74, 6) is -0.864. The summed E-state index contributed by atoms with van der Waals surface area (Å²) < 4.78 is 30.0. The zero-order chi connectivity index (χ0) is 21.9. The quantitative estimate of drug-likeness (QED) is 0.331. The Labute approximate surface area is 175 Å². The minimum Gasteiger partial charge on any atom is -0.404 e. The average Bonchev–Trinajstić information content (AvgIpc) is 2.95. The molecule has 2 rings (SSSR count). The van der Waals surface area contributed by atoms with Crippen LogP contribution in [-0.2, 0) is 28.2 Å². The molecule has 0 bridgehead atoms. The summed E-state index contributed by atoms with van der Waals surface area (Å²) in [6.45, 7) is 14.4. The number of benzene rings is 1. The van der Waals surface area contributed by atoms with E-state index in [4.69, 9.17) is 23.4 Å². The van der Waals surface area contributed by atoms with Gasteiger partial charge in [-0.15, -0.1) is 0 Å². The molecule has 0 amide bonds. The van der Waals surface area contributed by atoms with Crippen LogP contribution in [0.15, 0.2) is 30.3 Å². The lowest BCUT2D eigenvalue weighted by molar-refractivity contribution is -0.172. The first-order valence-electron chi connectivity index (χ1n) is 10.1. The lowest BCUT2D eigenvalue weighted by atomic mass is 9.97. The summed E-state index contributed by atoms with van der Waals surface area (Å²) in [6, 6.07) is 9.77. The third-order valence-corrected chi connectivity index (χ3v) is 10.1. The number of rotatable bonds is 9. The highest BCUT2D eigenvalue weighted by Crippen LogP contribution is 2.42. The Hall–Kier alpha value is -1.09. The van der Waals surface area contributed by atoms with Crippen LogP contribution in [0, 0.1) is 0 Å². The second-order valence-corrected chi connectivity index (χ2v) is 14.2. The van der Waals surface area contributed by atoms with Crippen molar-refractivity contribution in [2.24, 2.45) is 0 Å². The first-order valence-corrected chi connectivity index (χ1v) is 13.0. The summed E-state index contributed by atoms with van der Waals surface area (Å²) in [7, 11) is -0.631. The molecule has 1 heterocycles. The molecule has 4 atom stereocenters. The summed E-state index contributed by atoms with van der Waals surface area (Å²) in [6.07, 6.45) is -1.50. The normalized spacial score (nSPS) is 24.3. The molecule has 6 nitrogen and oxygen atoms in total. The first-order chi connectivity index (χ1) is 13.4. The number of aldehydes is 1. The van der Waals surface area contributed by atoms with E-state index in [1.165, 1.54) is 0 Å². The van der Waals surface area contributed by atoms with Crippen molar-refractivity contribution in [3.63, 3.8) is 0 Å². The van der Waals surface area contributed by atoms with Gasteiger partial charge in [-0.25, -0.2) is 0 Å². The minimum atomic E-state index is -2.20. The van der Waals surface area contributed by atoms with Gasteiger partial charge in [0.05, 0.1) is 0 Å². The van der Waals surface area contributed by atoms with Gasteiger partial charge in [-0.2, -0.15) is 0 Å². The molecule has 0 aliphatic carbocycles. The summed E-state index contributed by atoms with van der Waals surface area (Å²) >= 11 is 0. The fraction of sp³-hybridized carbons (Fsp3) is 0.682. The monoisotopic (exact) mass is 424 g/mol. The Morgan fingerprint density at radius 3 is 2.24 bits per heavy atom. The van der Waals surface area contributed by atoms with Gasteiger partial charge in [0.1, 0.15) is 37.5 Å². The molecule has 0 N–H and O–H groups in total. The van der Waals surface area contributed by atoms with Crippen LogP contribution < -0.4 is 0 Å². The number of ether oxygens (including phenoxy) is 4. The van der Waals surface area contributed by atoms with E-state index < -0.39 is 38.5 Å². The fourth-order valence-corrected chi connectivity index (χ4v) is 4.38. The maximum Gasteiger partial charge on any atom is 0.193 e. The Balaban J connectivity index is 2.37. The molecule has 0 aromatic heterocycles. The zero-order valence-electron chi connectivity index (χ0n) is 18.9. The van der Waals surface area contributed by atoms with Crippen LogP contribution in [0.25, 0.3) is 0 Å². The lowest BCUT2D eigenvalue weighted by Crippen LogP contribution is -2.51. The maximum absolute atomic E-state index is 12.1. The molecular formula is C22H36O6Si. The highest BCUT2D eigenvalue weighted by Gasteiger charge is 2.52. The van der Waals surface area contributed by atoms with Gasteiger partial charge in [-0.1, -0.05) is 51.1 Å². The third-order valence-electron chi connectivity index (χ3n) is 5.65. The highest BCUT2D eigenvalue weighted by atomic mass is 28.4. The number of hydrogen-bond donors (Lipinski definition) is 0. The van der Waals surface area contributed by atoms with E-state index in [-0.39, 0.29) is 11.8 Å². The predicted octanol–water partition coefficient (Wildman–Crippen LogP) is 4.46. The van der Waals surface area contributed by atoms with Crippen molar-refractivity contribution in [1.82, 2.24) is 0 Å². The Bertz CT molecular complexity index is 655. The SMILES string of the molecule is COCO[C@H](c1ccccc1)[C@H]1OC(C)(C)O[C@@H]1[C@H](C=O)O[Si](C)(C)C(C)(C)C. The van der Waals surface area contributed by atoms with Gasteiger partial charge in [-0.05, 0) is 37.5 Å². The fourth-order valence-electron chi connectivity index (χ4n) is 3.16. The van der Waals surface area contributed by atoms with E-state index in [1.807, 2.05) is 44.2 Å². The maximum atomic E-state index is 12.1. The van der Waals surface area contributed by atoms with Gasteiger partial charge in [0.2, 0.25) is 0 Å². The molecule has 29 heavy (non-hydrogen) atoms. The van der Waals surface area contributed by atoms with Crippen LogP contribution in [0.1, 0.15) is 46.3 Å². The van der Waals surface area contributed by atoms with Crippen LogP contribution in [0.4, 0.5) is 0 Å². The molecule has 1 aliphatic heterocycles. The molecule has 7 heteroatoms. The van der Waals surface area contributed by atoms with Gasteiger partial charge in [0.25, 0.3) is 0 Å². The van der Waals surface area contributed by atoms with E-state index in [0.717, 1.165) is 11.8 Å². The van der Waals surface area contributed by atoms with Crippen LogP contribution in [0.3, 0.4) is 0 Å². The Morgan fingerprint density at radius 1 is 1.14 bits per heavy atom. The van der Waals surface area contributed by atoms with Crippen molar-refractivity contribution in [2.45, 2.75) is 83.0 Å². The molecule has 0 saturated carbocycles. The molecule has 1 fully saturated rings. The molecule has 0 spiro atoms. The van der Waals surface area contributed by atoms with E-state index in [1.54, 1.807) is 7.11 Å². The molecule has 1 aliphatic rings. The summed E-state index contributed by atoms with van der Waals surface area (Å²) in [4.78, 5) is 12.1. The van der Waals surface area contributed by atoms with Crippen molar-refractivity contribution in [1.29, 1.82) is 0 Å². The number of carbonyl (C=O) groups is 1. The topological polar surface area (TPSA) is 63.2 Å². The van der Waals surface area contributed by atoms with E-state index in [2.05, 4.69) is 33.9 Å². The number of carbonyl (C=O) groups excluding carboxylic acids is 1. The van der Waals surface area contributed by atoms with Crippen LogP contribution in [0.5, 0.6) is 0 Å². The minimum absolute atomic E-state index is 0.0376. The number of hydrogen-bond acceptors (Lipinski definition) is 6. The van der Waals surface area contributed by atoms with Gasteiger partial charge < -0.3 is 28.2 Å². The Kier molecular flexibility index (Phi) is 7.81. The predicted molar refractivity (Wildman–Crippen MR) is 114 cm³/mol. The van der Waals surface area contributed by atoms with Gasteiger partial charge >= 0.3 is 0 Å². The van der Waals surface area contributed by atoms with Crippen LogP contribution in [-0.4, -0.2) is 52.6 Å². The summed E-state index contributed by atoms with van der Waals surface area (Å²) in [5.41, 5.74) is 0.929. The largest absolute Gasteiger partial charge is 0.404 e. The van der Waals surface area contributed by atoms with E-state index in [9.17, 15) is 4.79 Å². The molecule has 1 aromatic carbocycles. The molecular weight excluding hydrogens is 388 g/mol. The molecule has 164 valence electrons. The van der Waals surface area contributed by atoms with E-state index in [0.29, 0.717) is 0 Å².